The summed E-state index contributed by atoms with van der Waals surface area (Å²) >= 11 is 8.34. The monoisotopic (exact) mass is 501 g/mol. The number of thioether (sulfide) groups is 1. The molecule has 1 aromatic heterocycles. The van der Waals surface area contributed by atoms with E-state index in [1.807, 2.05) is 48.2 Å². The zero-order valence-corrected chi connectivity index (χ0v) is 21.2. The van der Waals surface area contributed by atoms with Crippen LogP contribution in [0.5, 0.6) is 0 Å². The molecule has 0 bridgehead atoms. The van der Waals surface area contributed by atoms with E-state index in [0.29, 0.717) is 34.2 Å². The first kappa shape index (κ1) is 24.9. The number of likely N-dealkylation sites (tertiary alicyclic amines) is 1. The average Bonchev–Trinajstić information content (AvgIpc) is 2.88. The van der Waals surface area contributed by atoms with Gasteiger partial charge < -0.3 is 14.5 Å². The normalized spacial score (nSPS) is 17.6. The summed E-state index contributed by atoms with van der Waals surface area (Å²) in [5.41, 5.74) is 1.52. The molecule has 0 saturated carbocycles. The Morgan fingerprint density at radius 2 is 1.65 bits per heavy atom. The van der Waals surface area contributed by atoms with E-state index in [2.05, 4.69) is 21.6 Å². The predicted octanol–water partition coefficient (Wildman–Crippen LogP) is 5.83. The Hall–Kier alpha value is -2.25. The number of hydrogen-bond acceptors (Lipinski definition) is 6. The maximum atomic E-state index is 12.4. The number of nitrogens with zero attached hydrogens (tertiary/aromatic N) is 3. The molecule has 0 aliphatic carbocycles. The third kappa shape index (κ3) is 6.45. The molecule has 0 atom stereocenters. The Morgan fingerprint density at radius 1 is 1.00 bits per heavy atom. The number of halogens is 1. The number of aromatic nitrogens is 1. The van der Waals surface area contributed by atoms with Gasteiger partial charge in [0.1, 0.15) is 17.6 Å². The second-order valence-electron chi connectivity index (χ2n) is 8.83. The van der Waals surface area contributed by atoms with Gasteiger partial charge in [0.15, 0.2) is 5.78 Å². The van der Waals surface area contributed by atoms with Gasteiger partial charge in [-0.05, 0) is 43.4 Å². The smallest absolute Gasteiger partial charge is 0.410 e. The Morgan fingerprint density at radius 3 is 2.26 bits per heavy atom. The van der Waals surface area contributed by atoms with Crippen LogP contribution in [0.3, 0.4) is 0 Å². The molecule has 0 spiro atoms. The lowest BCUT2D eigenvalue weighted by Crippen LogP contribution is -2.41. The van der Waals surface area contributed by atoms with Gasteiger partial charge in [-0.2, -0.15) is 11.8 Å². The zero-order chi connectivity index (χ0) is 23.9. The topological polar surface area (TPSA) is 62.7 Å². The Bertz CT molecular complexity index is 975. The van der Waals surface area contributed by atoms with Crippen LogP contribution in [-0.4, -0.2) is 58.4 Å². The number of amides is 1. The lowest BCUT2D eigenvalue weighted by Gasteiger charge is -2.36. The van der Waals surface area contributed by atoms with E-state index in [-0.39, 0.29) is 11.9 Å². The lowest BCUT2D eigenvalue weighted by molar-refractivity contribution is 0.0900. The van der Waals surface area contributed by atoms with Crippen molar-refractivity contribution < 1.29 is 14.3 Å². The predicted molar refractivity (Wildman–Crippen MR) is 138 cm³/mol. The molecule has 0 N–H and O–H groups in total. The maximum Gasteiger partial charge on any atom is 0.410 e. The Balaban J connectivity index is 1.18. The number of anilines is 1. The fraction of sp³-hybridized carbons (Fsp3) is 0.500. The zero-order valence-electron chi connectivity index (χ0n) is 19.6. The second-order valence-corrected chi connectivity index (χ2v) is 10.8. The Kier molecular flexibility index (Phi) is 8.73. The van der Waals surface area contributed by atoms with Crippen LogP contribution in [0, 0.1) is 0 Å². The molecule has 34 heavy (non-hydrogen) atoms. The highest BCUT2D eigenvalue weighted by Gasteiger charge is 2.28. The van der Waals surface area contributed by atoms with Crippen LogP contribution in [0.25, 0.3) is 0 Å². The molecule has 0 radical (unpaired) electrons. The first-order valence-electron chi connectivity index (χ1n) is 12.1. The number of benzene rings is 1. The summed E-state index contributed by atoms with van der Waals surface area (Å²) in [6, 6.07) is 13.5. The summed E-state index contributed by atoms with van der Waals surface area (Å²) in [5, 5.41) is 1.51. The molecule has 1 amide bonds. The fourth-order valence-electron chi connectivity index (χ4n) is 4.48. The van der Waals surface area contributed by atoms with Crippen molar-refractivity contribution in [1.82, 2.24) is 9.88 Å². The highest BCUT2D eigenvalue weighted by Crippen LogP contribution is 2.34. The van der Waals surface area contributed by atoms with Crippen LogP contribution in [0.2, 0.25) is 5.15 Å². The molecule has 0 unspecified atom stereocenters. The van der Waals surface area contributed by atoms with Crippen molar-refractivity contribution in [3.63, 3.8) is 0 Å². The summed E-state index contributed by atoms with van der Waals surface area (Å²) in [5.74, 6) is 0.873. The van der Waals surface area contributed by atoms with Crippen molar-refractivity contribution in [2.24, 2.45) is 0 Å². The van der Waals surface area contributed by atoms with E-state index >= 15 is 0 Å². The molecular weight excluding hydrogens is 470 g/mol. The minimum absolute atomic E-state index is 0.0228. The maximum absolute atomic E-state index is 12.4. The minimum Gasteiger partial charge on any atom is -0.445 e. The number of pyridine rings is 1. The molecule has 8 heteroatoms. The molecule has 2 saturated heterocycles. The summed E-state index contributed by atoms with van der Waals surface area (Å²) in [6.45, 7) is 5.55. The van der Waals surface area contributed by atoms with Crippen molar-refractivity contribution in [2.75, 3.05) is 31.1 Å². The van der Waals surface area contributed by atoms with Gasteiger partial charge in [-0.1, -0.05) is 48.9 Å². The van der Waals surface area contributed by atoms with E-state index < -0.39 is 0 Å². The first-order valence-corrected chi connectivity index (χ1v) is 13.4. The average molecular weight is 502 g/mol. The van der Waals surface area contributed by atoms with E-state index in [0.717, 1.165) is 63.2 Å². The number of piperidine rings is 2. The van der Waals surface area contributed by atoms with Crippen molar-refractivity contribution in [3.8, 4) is 0 Å². The van der Waals surface area contributed by atoms with Crippen LogP contribution >= 0.6 is 23.4 Å². The third-order valence-corrected chi connectivity index (χ3v) is 8.51. The van der Waals surface area contributed by atoms with Crippen LogP contribution in [-0.2, 0) is 11.3 Å². The molecule has 2 aromatic rings. The number of ketones is 1. The fourth-order valence-corrected chi connectivity index (χ4v) is 6.24. The molecule has 182 valence electrons. The molecule has 2 aliphatic heterocycles. The minimum atomic E-state index is -0.210. The lowest BCUT2D eigenvalue weighted by atomic mass is 10.1. The van der Waals surface area contributed by atoms with Crippen LogP contribution in [0.4, 0.5) is 10.6 Å². The van der Waals surface area contributed by atoms with Gasteiger partial charge >= 0.3 is 6.09 Å². The van der Waals surface area contributed by atoms with E-state index in [9.17, 15) is 9.59 Å². The summed E-state index contributed by atoms with van der Waals surface area (Å²) in [7, 11) is 0. The molecule has 6 nitrogen and oxygen atoms in total. The van der Waals surface area contributed by atoms with Crippen LogP contribution in [0.15, 0.2) is 42.5 Å². The molecule has 3 heterocycles. The largest absolute Gasteiger partial charge is 0.445 e. The Labute approximate surface area is 211 Å². The van der Waals surface area contributed by atoms with Gasteiger partial charge in [0.2, 0.25) is 0 Å². The molecular formula is C26H32ClN3O3S. The summed E-state index contributed by atoms with van der Waals surface area (Å²) in [6.07, 6.45) is 4.43. The SMILES string of the molecule is CCC(=O)c1ccc(N2CCC(SC3CCN(C(=O)OCc4ccccc4)CC3)CC2)nc1Cl. The first-order chi connectivity index (χ1) is 16.5. The summed E-state index contributed by atoms with van der Waals surface area (Å²) in [4.78, 5) is 32.9. The number of ether oxygens (including phenoxy) is 1. The number of carbonyl (C=O) groups is 2. The molecule has 1 aromatic carbocycles. The van der Waals surface area contributed by atoms with Crippen LogP contribution in [0.1, 0.15) is 54.9 Å². The van der Waals surface area contributed by atoms with Crippen molar-refractivity contribution in [3.05, 3.63) is 58.7 Å². The standard InChI is InChI=1S/C26H32ClN3O3S/c1-2-23(31)22-8-9-24(28-25(22)27)29-14-10-20(11-15-29)34-21-12-16-30(17-13-21)26(32)33-18-19-6-4-3-5-7-19/h3-9,20-21H,2,10-18H2,1H3. The second kappa shape index (κ2) is 11.9. The van der Waals surface area contributed by atoms with Gasteiger partial charge in [-0.15, -0.1) is 0 Å². The summed E-state index contributed by atoms with van der Waals surface area (Å²) < 4.78 is 5.48. The van der Waals surface area contributed by atoms with Gasteiger partial charge in [-0.25, -0.2) is 9.78 Å². The van der Waals surface area contributed by atoms with Crippen molar-refractivity contribution in [1.29, 1.82) is 0 Å². The van der Waals surface area contributed by atoms with E-state index in [1.54, 1.807) is 6.07 Å². The van der Waals surface area contributed by atoms with Crippen molar-refractivity contribution >= 4 is 41.1 Å². The van der Waals surface area contributed by atoms with E-state index in [1.165, 1.54) is 0 Å². The number of hydrogen-bond donors (Lipinski definition) is 0. The molecule has 2 fully saturated rings. The van der Waals surface area contributed by atoms with Gasteiger partial charge in [0.05, 0.1) is 5.56 Å². The quantitative estimate of drug-likeness (QED) is 0.351. The highest BCUT2D eigenvalue weighted by molar-refractivity contribution is 8.00. The molecule has 2 aliphatic rings. The number of Topliss-reactive ketones (excluding diaryl/α,β-unsaturated/α-hetero) is 1. The van der Waals surface area contributed by atoms with Crippen LogP contribution < -0.4 is 4.90 Å². The van der Waals surface area contributed by atoms with Gasteiger partial charge in [-0.3, -0.25) is 4.79 Å². The van der Waals surface area contributed by atoms with Gasteiger partial charge in [0.25, 0.3) is 0 Å². The third-order valence-electron chi connectivity index (χ3n) is 6.51. The van der Waals surface area contributed by atoms with Gasteiger partial charge in [0, 0.05) is 43.1 Å². The van der Waals surface area contributed by atoms with Crippen molar-refractivity contribution in [2.45, 2.75) is 56.1 Å². The molecule has 4 rings (SSSR count). The number of carbonyl (C=O) groups excluding carboxylic acids is 2. The van der Waals surface area contributed by atoms with E-state index in [4.69, 9.17) is 16.3 Å². The number of rotatable bonds is 7. The highest BCUT2D eigenvalue weighted by atomic mass is 35.5.